The van der Waals surface area contributed by atoms with Gasteiger partial charge in [-0.25, -0.2) is 0 Å². The highest BCUT2D eigenvalue weighted by Gasteiger charge is 2.08. The van der Waals surface area contributed by atoms with Gasteiger partial charge in [-0.1, -0.05) is 37.3 Å². The molecule has 1 atom stereocenters. The summed E-state index contributed by atoms with van der Waals surface area (Å²) in [5, 5.41) is 0. The van der Waals surface area contributed by atoms with Crippen molar-refractivity contribution in [2.24, 2.45) is 11.7 Å². The van der Waals surface area contributed by atoms with Gasteiger partial charge in [-0.05, 0) is 5.56 Å². The molecule has 2 N–H and O–H groups in total. The number of benzene rings is 1. The first-order valence-electron chi connectivity index (χ1n) is 3.89. The van der Waals surface area contributed by atoms with Gasteiger partial charge >= 0.3 is 0 Å². The Kier molecular flexibility index (Phi) is 2.86. The molecule has 0 aliphatic heterocycles. The monoisotopic (exact) mass is 162 g/mol. The highest BCUT2D eigenvalue weighted by molar-refractivity contribution is 5.78. The van der Waals surface area contributed by atoms with E-state index in [0.29, 0.717) is 0 Å². The van der Waals surface area contributed by atoms with E-state index in [1.807, 2.05) is 36.8 Å². The predicted octanol–water partition coefficient (Wildman–Crippen LogP) is 1.36. The van der Waals surface area contributed by atoms with E-state index in [1.54, 1.807) is 6.92 Å². The molecule has 2 heteroatoms. The first-order chi connectivity index (χ1) is 5.70. The minimum atomic E-state index is -0.293. The van der Waals surface area contributed by atoms with Crippen LogP contribution in [0.2, 0.25) is 0 Å². The Hall–Kier alpha value is -1.31. The summed E-state index contributed by atoms with van der Waals surface area (Å²) >= 11 is 0. The Morgan fingerprint density at radius 1 is 1.42 bits per heavy atom. The lowest BCUT2D eigenvalue weighted by Gasteiger charge is -2.05. The van der Waals surface area contributed by atoms with Gasteiger partial charge in [0.1, 0.15) is 0 Å². The van der Waals surface area contributed by atoms with Crippen molar-refractivity contribution < 1.29 is 4.79 Å². The molecule has 1 amide bonds. The van der Waals surface area contributed by atoms with Crippen molar-refractivity contribution in [3.63, 3.8) is 0 Å². The second-order valence-corrected chi connectivity index (χ2v) is 2.77. The molecule has 0 fully saturated rings. The van der Waals surface area contributed by atoms with Crippen molar-refractivity contribution in [2.45, 2.75) is 6.92 Å². The molecule has 1 radical (unpaired) electrons. The van der Waals surface area contributed by atoms with Gasteiger partial charge < -0.3 is 5.73 Å². The van der Waals surface area contributed by atoms with Gasteiger partial charge in [0.25, 0.3) is 0 Å². The average molecular weight is 162 g/mol. The van der Waals surface area contributed by atoms with E-state index in [0.717, 1.165) is 5.56 Å². The highest BCUT2D eigenvalue weighted by atomic mass is 16.1. The Bertz CT molecular complexity index is 256. The van der Waals surface area contributed by atoms with Crippen molar-refractivity contribution in [2.75, 3.05) is 0 Å². The Morgan fingerprint density at radius 2 is 2.00 bits per heavy atom. The van der Waals surface area contributed by atoms with Gasteiger partial charge in [0.15, 0.2) is 0 Å². The van der Waals surface area contributed by atoms with E-state index in [1.165, 1.54) is 0 Å². The summed E-state index contributed by atoms with van der Waals surface area (Å²) in [6.45, 7) is 1.79. The van der Waals surface area contributed by atoms with Crippen molar-refractivity contribution in [1.82, 2.24) is 0 Å². The molecule has 0 unspecified atom stereocenters. The number of carbonyl (C=O) groups is 1. The quantitative estimate of drug-likeness (QED) is 0.716. The fourth-order valence-electron chi connectivity index (χ4n) is 0.935. The highest BCUT2D eigenvalue weighted by Crippen LogP contribution is 2.09. The third-order valence-electron chi connectivity index (χ3n) is 1.69. The zero-order valence-corrected chi connectivity index (χ0v) is 7.03. The summed E-state index contributed by atoms with van der Waals surface area (Å²) in [7, 11) is 0. The van der Waals surface area contributed by atoms with E-state index in [-0.39, 0.29) is 11.8 Å². The molecule has 63 valence electrons. The van der Waals surface area contributed by atoms with Crippen LogP contribution >= 0.6 is 0 Å². The fourth-order valence-corrected chi connectivity index (χ4v) is 0.935. The van der Waals surface area contributed by atoms with Crippen molar-refractivity contribution in [3.8, 4) is 0 Å². The maximum Gasteiger partial charge on any atom is 0.220 e. The van der Waals surface area contributed by atoms with Crippen molar-refractivity contribution in [1.29, 1.82) is 0 Å². The molecule has 2 nitrogen and oxygen atoms in total. The molecule has 0 saturated heterocycles. The van der Waals surface area contributed by atoms with Crippen LogP contribution in [-0.2, 0) is 4.79 Å². The number of nitrogens with two attached hydrogens (primary N) is 1. The van der Waals surface area contributed by atoms with E-state index in [9.17, 15) is 4.79 Å². The van der Waals surface area contributed by atoms with Gasteiger partial charge in [-0.15, -0.1) is 0 Å². The number of primary amides is 1. The zero-order chi connectivity index (χ0) is 8.97. The number of amides is 1. The largest absolute Gasteiger partial charge is 0.369 e. The molecular weight excluding hydrogens is 150 g/mol. The van der Waals surface area contributed by atoms with Gasteiger partial charge in [0.2, 0.25) is 5.91 Å². The molecule has 0 saturated carbocycles. The van der Waals surface area contributed by atoms with E-state index in [2.05, 4.69) is 0 Å². The minimum Gasteiger partial charge on any atom is -0.369 e. The smallest absolute Gasteiger partial charge is 0.220 e. The van der Waals surface area contributed by atoms with Crippen LogP contribution in [0.25, 0.3) is 0 Å². The molecule has 1 rings (SSSR count). The van der Waals surface area contributed by atoms with Gasteiger partial charge in [0, 0.05) is 12.3 Å². The Morgan fingerprint density at radius 3 is 2.50 bits per heavy atom. The molecule has 0 heterocycles. The lowest BCUT2D eigenvalue weighted by molar-refractivity contribution is -0.120. The minimum absolute atomic E-state index is 0.201. The van der Waals surface area contributed by atoms with Gasteiger partial charge in [0.05, 0.1) is 0 Å². The topological polar surface area (TPSA) is 43.1 Å². The average Bonchev–Trinajstić information content (AvgIpc) is 2.06. The SMILES string of the molecule is C[C@@H]([CH]c1ccccc1)C(N)=O. The van der Waals surface area contributed by atoms with Crippen LogP contribution in [0.15, 0.2) is 30.3 Å². The lowest BCUT2D eigenvalue weighted by Crippen LogP contribution is -2.20. The maximum absolute atomic E-state index is 10.7. The molecular formula is C10H12NO. The zero-order valence-electron chi connectivity index (χ0n) is 7.03. The predicted molar refractivity (Wildman–Crippen MR) is 48.2 cm³/mol. The van der Waals surface area contributed by atoms with Crippen LogP contribution in [0.1, 0.15) is 12.5 Å². The van der Waals surface area contributed by atoms with Crippen LogP contribution < -0.4 is 5.73 Å². The van der Waals surface area contributed by atoms with E-state index >= 15 is 0 Å². The molecule has 0 aromatic heterocycles. The molecule has 1 aromatic rings. The van der Waals surface area contributed by atoms with Gasteiger partial charge in [-0.3, -0.25) is 4.79 Å². The van der Waals surface area contributed by atoms with Crippen LogP contribution in [-0.4, -0.2) is 5.91 Å². The number of hydrogen-bond donors (Lipinski definition) is 1. The van der Waals surface area contributed by atoms with E-state index < -0.39 is 0 Å². The third-order valence-corrected chi connectivity index (χ3v) is 1.69. The third kappa shape index (κ3) is 2.38. The van der Waals surface area contributed by atoms with Crippen LogP contribution in [0.3, 0.4) is 0 Å². The Labute approximate surface area is 72.4 Å². The second kappa shape index (κ2) is 3.90. The summed E-state index contributed by atoms with van der Waals surface area (Å²) in [5.41, 5.74) is 6.14. The summed E-state index contributed by atoms with van der Waals surface area (Å²) in [6, 6.07) is 9.68. The van der Waals surface area contributed by atoms with Crippen LogP contribution in [0, 0.1) is 12.3 Å². The normalized spacial score (nSPS) is 12.4. The summed E-state index contributed by atoms with van der Waals surface area (Å²) < 4.78 is 0. The molecule has 0 bridgehead atoms. The molecule has 0 aliphatic rings. The van der Waals surface area contributed by atoms with Crippen LogP contribution in [0.4, 0.5) is 0 Å². The molecule has 0 spiro atoms. The lowest BCUT2D eigenvalue weighted by atomic mass is 10.0. The fraction of sp³-hybridized carbons (Fsp3) is 0.200. The van der Waals surface area contributed by atoms with Gasteiger partial charge in [-0.2, -0.15) is 0 Å². The standard InChI is InChI=1S/C10H12NO/c1-8(10(11)12)7-9-5-3-2-4-6-9/h2-8H,1H3,(H2,11,12)/t8-/m0/s1. The van der Waals surface area contributed by atoms with E-state index in [4.69, 9.17) is 5.73 Å². The number of rotatable bonds is 3. The molecule has 12 heavy (non-hydrogen) atoms. The summed E-state index contributed by atoms with van der Waals surface area (Å²) in [5.74, 6) is -0.494. The van der Waals surface area contributed by atoms with Crippen molar-refractivity contribution >= 4 is 5.91 Å². The maximum atomic E-state index is 10.7. The molecule has 0 aliphatic carbocycles. The first-order valence-corrected chi connectivity index (χ1v) is 3.89. The number of hydrogen-bond acceptors (Lipinski definition) is 1. The number of carbonyl (C=O) groups excluding carboxylic acids is 1. The molecule has 1 aromatic carbocycles. The first kappa shape index (κ1) is 8.78. The van der Waals surface area contributed by atoms with Crippen molar-refractivity contribution in [3.05, 3.63) is 42.3 Å². The van der Waals surface area contributed by atoms with Crippen LogP contribution in [0.5, 0.6) is 0 Å². The summed E-state index contributed by atoms with van der Waals surface area (Å²) in [4.78, 5) is 10.7. The second-order valence-electron chi connectivity index (χ2n) is 2.77. The Balaban J connectivity index is 2.58. The summed E-state index contributed by atoms with van der Waals surface area (Å²) in [6.07, 6.45) is 1.85.